The molecular weight excluding hydrogens is 275 g/mol. The molecular formula is C8H7BrCl2N2. The molecule has 1 aliphatic carbocycles. The molecule has 70 valence electrons. The summed E-state index contributed by atoms with van der Waals surface area (Å²) in [6, 6.07) is 0. The quantitative estimate of drug-likeness (QED) is 0.413. The number of aromatic nitrogens is 2. The zero-order chi connectivity index (χ0) is 9.42. The zero-order valence-electron chi connectivity index (χ0n) is 6.73. The summed E-state index contributed by atoms with van der Waals surface area (Å²) in [5.74, 6) is 0. The minimum atomic E-state index is 0.232. The minimum absolute atomic E-state index is 0.232. The monoisotopic (exact) mass is 280 g/mol. The lowest BCUT2D eigenvalue weighted by atomic mass is 9.97. The van der Waals surface area contributed by atoms with Gasteiger partial charge in [0.15, 0.2) is 0 Å². The van der Waals surface area contributed by atoms with Crippen molar-refractivity contribution in [3.8, 4) is 0 Å². The predicted octanol–water partition coefficient (Wildman–Crippen LogP) is 3.56. The summed E-state index contributed by atoms with van der Waals surface area (Å²) < 4.78 is 0. The molecule has 5 heteroatoms. The average molecular weight is 282 g/mol. The summed E-state index contributed by atoms with van der Waals surface area (Å²) in [6.45, 7) is 0. The first kappa shape index (κ1) is 9.69. The first-order chi connectivity index (χ1) is 6.18. The molecule has 0 radical (unpaired) electrons. The Bertz CT molecular complexity index is 343. The van der Waals surface area contributed by atoms with E-state index in [9.17, 15) is 0 Å². The number of nitrogens with zero attached hydrogens (tertiary/aromatic N) is 2. The summed E-state index contributed by atoms with van der Waals surface area (Å²) in [6.07, 6.45) is 3.15. The number of rotatable bonds is 0. The molecule has 1 atom stereocenters. The van der Waals surface area contributed by atoms with Crippen molar-refractivity contribution in [3.05, 3.63) is 21.7 Å². The van der Waals surface area contributed by atoms with Gasteiger partial charge in [0.2, 0.25) is 5.28 Å². The highest BCUT2D eigenvalue weighted by Gasteiger charge is 2.22. The molecule has 0 spiro atoms. The van der Waals surface area contributed by atoms with E-state index in [1.54, 1.807) is 0 Å². The lowest BCUT2D eigenvalue weighted by Gasteiger charge is -2.19. The fraction of sp³-hybridized carbons (Fsp3) is 0.500. The van der Waals surface area contributed by atoms with E-state index in [2.05, 4.69) is 25.9 Å². The topological polar surface area (TPSA) is 25.8 Å². The molecule has 2 nitrogen and oxygen atoms in total. The second-order valence-corrected chi connectivity index (χ2v) is 4.81. The third-order valence-electron chi connectivity index (χ3n) is 2.14. The molecule has 0 fully saturated rings. The molecule has 1 aliphatic rings. The highest BCUT2D eigenvalue weighted by atomic mass is 79.9. The van der Waals surface area contributed by atoms with E-state index in [0.717, 1.165) is 30.5 Å². The Labute approximate surface area is 94.8 Å². The van der Waals surface area contributed by atoms with Crippen molar-refractivity contribution in [2.45, 2.75) is 24.1 Å². The fourth-order valence-corrected chi connectivity index (χ4v) is 2.72. The lowest BCUT2D eigenvalue weighted by molar-refractivity contribution is 0.658. The molecule has 0 aromatic carbocycles. The van der Waals surface area contributed by atoms with Crippen molar-refractivity contribution in [2.24, 2.45) is 0 Å². The van der Waals surface area contributed by atoms with Crippen LogP contribution in [0.5, 0.6) is 0 Å². The summed E-state index contributed by atoms with van der Waals surface area (Å²) in [4.78, 5) is 8.37. The van der Waals surface area contributed by atoms with E-state index < -0.39 is 0 Å². The van der Waals surface area contributed by atoms with E-state index in [0.29, 0.717) is 5.15 Å². The summed E-state index contributed by atoms with van der Waals surface area (Å²) in [5.41, 5.74) is 2.00. The Kier molecular flexibility index (Phi) is 2.77. The van der Waals surface area contributed by atoms with Gasteiger partial charge in [-0.25, -0.2) is 9.97 Å². The summed E-state index contributed by atoms with van der Waals surface area (Å²) in [5, 5.41) is 0.731. The van der Waals surface area contributed by atoms with Gasteiger partial charge in [0.05, 0.1) is 10.5 Å². The van der Waals surface area contributed by atoms with Crippen LogP contribution in [0.25, 0.3) is 0 Å². The van der Waals surface area contributed by atoms with E-state index in [1.165, 1.54) is 0 Å². The summed E-state index contributed by atoms with van der Waals surface area (Å²) >= 11 is 15.2. The highest BCUT2D eigenvalue weighted by Crippen LogP contribution is 2.37. The first-order valence-corrected chi connectivity index (χ1v) is 5.71. The Balaban J connectivity index is 2.56. The molecule has 1 heterocycles. The molecule has 1 aromatic rings. The maximum atomic E-state index is 5.96. The van der Waals surface area contributed by atoms with Crippen LogP contribution in [0.15, 0.2) is 0 Å². The SMILES string of the molecule is Clc1nc(Cl)c2c(n1)C(Br)CCC2. The second-order valence-electron chi connectivity index (χ2n) is 3.01. The molecule has 0 amide bonds. The molecule has 0 saturated heterocycles. The lowest BCUT2D eigenvalue weighted by Crippen LogP contribution is -2.09. The van der Waals surface area contributed by atoms with E-state index in [-0.39, 0.29) is 10.1 Å². The summed E-state index contributed by atoms with van der Waals surface area (Å²) in [7, 11) is 0. The van der Waals surface area contributed by atoms with Crippen LogP contribution in [0.2, 0.25) is 10.4 Å². The number of hydrogen-bond acceptors (Lipinski definition) is 2. The van der Waals surface area contributed by atoms with Crippen molar-refractivity contribution < 1.29 is 0 Å². The maximum absolute atomic E-state index is 5.96. The third-order valence-corrected chi connectivity index (χ3v) is 3.52. The predicted molar refractivity (Wildman–Crippen MR) is 56.7 cm³/mol. The van der Waals surface area contributed by atoms with Crippen LogP contribution in [-0.2, 0) is 6.42 Å². The molecule has 0 aliphatic heterocycles. The van der Waals surface area contributed by atoms with Crippen molar-refractivity contribution in [3.63, 3.8) is 0 Å². The van der Waals surface area contributed by atoms with Gasteiger partial charge in [0.1, 0.15) is 5.15 Å². The van der Waals surface area contributed by atoms with Gasteiger partial charge in [0.25, 0.3) is 0 Å². The molecule has 0 N–H and O–H groups in total. The van der Waals surface area contributed by atoms with Crippen LogP contribution < -0.4 is 0 Å². The normalized spacial score (nSPS) is 21.3. The van der Waals surface area contributed by atoms with E-state index in [1.807, 2.05) is 0 Å². The van der Waals surface area contributed by atoms with Gasteiger partial charge in [-0.2, -0.15) is 0 Å². The van der Waals surface area contributed by atoms with Crippen LogP contribution in [0.3, 0.4) is 0 Å². The van der Waals surface area contributed by atoms with Gasteiger partial charge in [-0.15, -0.1) is 0 Å². The van der Waals surface area contributed by atoms with Crippen LogP contribution in [0, 0.1) is 0 Å². The molecule has 2 rings (SSSR count). The third kappa shape index (κ3) is 1.83. The van der Waals surface area contributed by atoms with E-state index >= 15 is 0 Å². The minimum Gasteiger partial charge on any atom is -0.221 e. The van der Waals surface area contributed by atoms with E-state index in [4.69, 9.17) is 23.2 Å². The Hall–Kier alpha value is 0.140. The molecule has 1 aromatic heterocycles. The van der Waals surface area contributed by atoms with Crippen LogP contribution in [-0.4, -0.2) is 9.97 Å². The van der Waals surface area contributed by atoms with Crippen molar-refractivity contribution in [1.82, 2.24) is 9.97 Å². The molecule has 0 saturated carbocycles. The van der Waals surface area contributed by atoms with Crippen LogP contribution >= 0.6 is 39.1 Å². The van der Waals surface area contributed by atoms with Gasteiger partial charge in [0, 0.05) is 5.56 Å². The maximum Gasteiger partial charge on any atom is 0.224 e. The van der Waals surface area contributed by atoms with Crippen molar-refractivity contribution in [2.75, 3.05) is 0 Å². The van der Waals surface area contributed by atoms with Crippen molar-refractivity contribution in [1.29, 1.82) is 0 Å². The Morgan fingerprint density at radius 3 is 2.85 bits per heavy atom. The fourth-order valence-electron chi connectivity index (χ4n) is 1.53. The zero-order valence-corrected chi connectivity index (χ0v) is 9.82. The number of hydrogen-bond donors (Lipinski definition) is 0. The van der Waals surface area contributed by atoms with Gasteiger partial charge >= 0.3 is 0 Å². The smallest absolute Gasteiger partial charge is 0.221 e. The van der Waals surface area contributed by atoms with Crippen molar-refractivity contribution >= 4 is 39.1 Å². The van der Waals surface area contributed by atoms with Gasteiger partial charge in [-0.05, 0) is 30.9 Å². The number of fused-ring (bicyclic) bond motifs is 1. The Morgan fingerprint density at radius 1 is 1.31 bits per heavy atom. The van der Waals surface area contributed by atoms with Gasteiger partial charge in [-0.1, -0.05) is 27.5 Å². The molecule has 1 unspecified atom stereocenters. The molecule has 13 heavy (non-hydrogen) atoms. The second kappa shape index (κ2) is 3.71. The number of halogens is 3. The van der Waals surface area contributed by atoms with Crippen LogP contribution in [0.1, 0.15) is 28.9 Å². The van der Waals surface area contributed by atoms with Gasteiger partial charge < -0.3 is 0 Å². The highest BCUT2D eigenvalue weighted by molar-refractivity contribution is 9.09. The largest absolute Gasteiger partial charge is 0.224 e. The molecule has 0 bridgehead atoms. The van der Waals surface area contributed by atoms with Gasteiger partial charge in [-0.3, -0.25) is 0 Å². The number of alkyl halides is 1. The standard InChI is InChI=1S/C8H7BrCl2N2/c9-5-3-1-2-4-6(5)12-8(11)13-7(4)10/h5H,1-3H2. The van der Waals surface area contributed by atoms with Crippen LogP contribution in [0.4, 0.5) is 0 Å². The average Bonchev–Trinajstić information content (AvgIpc) is 2.07. The first-order valence-electron chi connectivity index (χ1n) is 4.04. The Morgan fingerprint density at radius 2 is 2.08 bits per heavy atom.